The highest BCUT2D eigenvalue weighted by atomic mass is 35.5. The Hall–Kier alpha value is -3.59. The number of carbonyl (C=O) groups excluding carboxylic acids is 2. The maximum absolute atomic E-state index is 14.6. The van der Waals surface area contributed by atoms with Crippen LogP contribution in [0, 0.1) is 17.8 Å². The van der Waals surface area contributed by atoms with E-state index in [0.717, 1.165) is 0 Å². The number of aromatic carboxylic acids is 1. The number of carbonyl (C=O) groups is 3. The number of esters is 2. The molecule has 6 N–H and O–H groups in total. The molecule has 0 aliphatic carbocycles. The Morgan fingerprint density at radius 1 is 0.925 bits per heavy atom. The summed E-state index contributed by atoms with van der Waals surface area (Å²) in [5, 5.41) is 61.4. The van der Waals surface area contributed by atoms with Crippen molar-refractivity contribution in [2.75, 3.05) is 73.1 Å². The van der Waals surface area contributed by atoms with Crippen molar-refractivity contribution in [1.82, 2.24) is 14.4 Å². The number of aryl methyl sites for hydroxylation is 1. The molecular weight excluding hydrogens is 1060 g/mol. The second-order valence-corrected chi connectivity index (χ2v) is 23.8. The zero-order chi connectivity index (χ0) is 59.8. The Balaban J connectivity index is 1.27. The van der Waals surface area contributed by atoms with E-state index in [2.05, 4.69) is 5.32 Å². The topological polar surface area (TPSA) is 276 Å². The zero-order valence-corrected chi connectivity index (χ0v) is 50.4. The van der Waals surface area contributed by atoms with E-state index in [-0.39, 0.29) is 81.1 Å². The summed E-state index contributed by atoms with van der Waals surface area (Å²) in [6.45, 7) is 21.0. The number of hydrogen-bond acceptors (Lipinski definition) is 20. The Morgan fingerprint density at radius 2 is 1.59 bits per heavy atom. The average molecular weight is 1160 g/mol. The number of anilines is 1. The van der Waals surface area contributed by atoms with E-state index in [9.17, 15) is 44.7 Å². The molecule has 3 fully saturated rings. The molecule has 3 aliphatic rings. The van der Waals surface area contributed by atoms with E-state index in [1.807, 2.05) is 51.7 Å². The molecule has 18 atom stereocenters. The van der Waals surface area contributed by atoms with Gasteiger partial charge in [-0.3, -0.25) is 14.4 Å². The van der Waals surface area contributed by atoms with Crippen molar-refractivity contribution >= 4 is 46.1 Å². The van der Waals surface area contributed by atoms with Crippen molar-refractivity contribution in [2.45, 2.75) is 205 Å². The van der Waals surface area contributed by atoms with Crippen molar-refractivity contribution in [1.29, 1.82) is 0 Å². The number of nitrogens with zero attached hydrogens (tertiary/aromatic N) is 3. The molecule has 3 aliphatic heterocycles. The van der Waals surface area contributed by atoms with E-state index in [4.69, 9.17) is 54.2 Å². The van der Waals surface area contributed by atoms with Gasteiger partial charge >= 0.3 is 17.9 Å². The number of carboxylic acids is 1. The lowest BCUT2D eigenvalue weighted by Crippen LogP contribution is -2.61. The summed E-state index contributed by atoms with van der Waals surface area (Å²) in [6, 6.07) is 2.24. The summed E-state index contributed by atoms with van der Waals surface area (Å²) in [4.78, 5) is 56.4. The summed E-state index contributed by atoms with van der Waals surface area (Å²) >= 11 is 6.52. The van der Waals surface area contributed by atoms with Gasteiger partial charge in [0.25, 0.3) is 0 Å². The highest BCUT2D eigenvalue weighted by molar-refractivity contribution is 6.34. The second-order valence-electron chi connectivity index (χ2n) is 23.3. The molecule has 0 unspecified atom stereocenters. The van der Waals surface area contributed by atoms with Crippen LogP contribution in [0.2, 0.25) is 5.02 Å². The number of benzene rings is 1. The van der Waals surface area contributed by atoms with Gasteiger partial charge in [-0.1, -0.05) is 32.4 Å². The van der Waals surface area contributed by atoms with E-state index in [1.54, 1.807) is 59.1 Å². The van der Waals surface area contributed by atoms with Crippen LogP contribution < -0.4 is 10.7 Å². The van der Waals surface area contributed by atoms with Crippen molar-refractivity contribution in [3.63, 3.8) is 0 Å². The summed E-state index contributed by atoms with van der Waals surface area (Å²) in [7, 11) is 7.04. The number of hydrogen-bond donors (Lipinski definition) is 6. The van der Waals surface area contributed by atoms with Crippen LogP contribution in [0.5, 0.6) is 0 Å². The first kappa shape index (κ1) is 67.2. The Kier molecular flexibility index (Phi) is 24.2. The fourth-order valence-corrected chi connectivity index (χ4v) is 12.1. The lowest BCUT2D eigenvalue weighted by molar-refractivity contribution is -0.318. The Bertz CT molecular complexity index is 2430. The van der Waals surface area contributed by atoms with E-state index >= 15 is 0 Å². The third kappa shape index (κ3) is 16.2. The summed E-state index contributed by atoms with van der Waals surface area (Å²) in [6.07, 6.45) is -8.05. The largest absolute Gasteiger partial charge is 0.477 e. The minimum atomic E-state index is -1.87. The number of likely N-dealkylation sites (N-methyl/N-ethyl adjacent to an activating group) is 2. The number of aliphatic hydroxyl groups excluding tert-OH is 2. The zero-order valence-electron chi connectivity index (χ0n) is 49.6. The number of nitrogens with one attached hydrogen (secondary N) is 1. The average Bonchev–Trinajstić information content (AvgIpc) is 3.38. The first-order valence-corrected chi connectivity index (χ1v) is 28.5. The number of aliphatic hydroxyl groups is 4. The van der Waals surface area contributed by atoms with Gasteiger partial charge in [-0.2, -0.15) is 0 Å². The van der Waals surface area contributed by atoms with Gasteiger partial charge in [-0.05, 0) is 114 Å². The molecule has 22 nitrogen and oxygen atoms in total. The van der Waals surface area contributed by atoms with Gasteiger partial charge in [0.15, 0.2) is 18.7 Å². The summed E-state index contributed by atoms with van der Waals surface area (Å²) in [5.74, 6) is -4.80. The van der Waals surface area contributed by atoms with Crippen LogP contribution in [0.25, 0.3) is 10.9 Å². The molecule has 1 aromatic heterocycles. The molecule has 23 heteroatoms. The summed E-state index contributed by atoms with van der Waals surface area (Å²) in [5.41, 5.74) is -4.66. The lowest BCUT2D eigenvalue weighted by Gasteiger charge is -2.49. The smallest absolute Gasteiger partial charge is 0.341 e. The quantitative estimate of drug-likeness (QED) is 0.0776. The van der Waals surface area contributed by atoms with Crippen LogP contribution in [0.4, 0.5) is 5.69 Å². The first-order chi connectivity index (χ1) is 37.4. The van der Waals surface area contributed by atoms with Crippen molar-refractivity contribution in [2.24, 2.45) is 17.8 Å². The van der Waals surface area contributed by atoms with Gasteiger partial charge in [-0.25, -0.2) is 4.79 Å². The summed E-state index contributed by atoms with van der Waals surface area (Å²) < 4.78 is 57.8. The minimum absolute atomic E-state index is 0.0187. The number of carboxylic acid groups (broad SMARTS) is 1. The first-order valence-electron chi connectivity index (χ1n) is 28.2. The third-order valence-electron chi connectivity index (χ3n) is 16.5. The second kappa shape index (κ2) is 28.8. The van der Waals surface area contributed by atoms with Gasteiger partial charge in [-0.15, -0.1) is 0 Å². The van der Waals surface area contributed by atoms with Crippen LogP contribution in [-0.2, 0) is 58.8 Å². The van der Waals surface area contributed by atoms with E-state index < -0.39 is 113 Å². The minimum Gasteiger partial charge on any atom is -0.477 e. The number of halogens is 1. The van der Waals surface area contributed by atoms with Crippen molar-refractivity contribution < 1.29 is 82.5 Å². The van der Waals surface area contributed by atoms with Crippen LogP contribution in [-0.4, -0.2) is 216 Å². The molecule has 4 heterocycles. The van der Waals surface area contributed by atoms with Crippen LogP contribution >= 0.6 is 11.6 Å². The van der Waals surface area contributed by atoms with Gasteiger partial charge in [0.2, 0.25) is 5.43 Å². The number of aromatic nitrogens is 1. The lowest BCUT2D eigenvalue weighted by atomic mass is 9.77. The van der Waals surface area contributed by atoms with Crippen LogP contribution in [0.3, 0.4) is 0 Å². The molecule has 2 aromatic rings. The van der Waals surface area contributed by atoms with E-state index in [0.29, 0.717) is 42.3 Å². The number of pyridine rings is 1. The highest BCUT2D eigenvalue weighted by Crippen LogP contribution is 2.41. The van der Waals surface area contributed by atoms with Gasteiger partial charge in [0.1, 0.15) is 35.1 Å². The molecule has 0 amide bonds. The molecule has 1 aromatic carbocycles. The third-order valence-corrected chi connectivity index (χ3v) is 16.9. The highest BCUT2D eigenvalue weighted by Gasteiger charge is 2.54. The molecule has 0 bridgehead atoms. The maximum atomic E-state index is 14.6. The molecule has 0 saturated carbocycles. The van der Waals surface area contributed by atoms with Gasteiger partial charge in [0, 0.05) is 62.7 Å². The van der Waals surface area contributed by atoms with Gasteiger partial charge < -0.3 is 87.8 Å². The normalized spacial score (nSPS) is 36.3. The Morgan fingerprint density at radius 3 is 2.20 bits per heavy atom. The molecule has 0 spiro atoms. The number of methoxy groups -OCH3 is 1. The SMILES string of the molecule is CC[C@H]1OC(=O)[C@H](C)[C@@H](O[C@H]2C[C@@](C)(OC)[C@@H](OC(=O)CCOCCOCCNc3cc4c(=O)c(C(=O)O)cn(CC)c4cc3Cl)[C@H](C)O2)[C@H](C)[C@@H](O[C@@H]2O[C@H](C)C[C@H](N(C)C)[C@H]2O)[C@](C)(O)C[C@@H](C)CN(C)[C@H](C)[C@@H](O)[C@]1(C)O. The standard InChI is InChI=1S/C57H93ClN4O18/c1-16-43-57(11,71)49(66)35(7)61(14)29-31(3)27-55(9,70)50(80-54-47(65)42(60(12)13)24-32(4)75-54)33(5)48(34(6)53(69)77-43)79-45-28-56(10,72-15)51(36(8)76-45)78-44(63)18-20-73-22-23-74-21-19-59-40-25-37-41(26-39(40)58)62(17-2)30-38(46(37)64)52(67)68/h25-26,30-36,42-43,45,47-51,54,59,65-66,70-71H,16-24,27-29H2,1-15H3,(H,67,68)/t31-,32-,33+,34-,35-,36+,42+,43-,45+,47-,48+,49-,50-,51+,54+,55-,56-,57-/m1/s1. The molecule has 80 heavy (non-hydrogen) atoms. The van der Waals surface area contributed by atoms with E-state index in [1.165, 1.54) is 26.3 Å². The van der Waals surface area contributed by atoms with Gasteiger partial charge in [0.05, 0.1) is 85.0 Å². The fraction of sp³-hybridized carbons (Fsp3) is 0.789. The number of ether oxygens (including phenoxy) is 9. The monoisotopic (exact) mass is 1160 g/mol. The predicted molar refractivity (Wildman–Crippen MR) is 299 cm³/mol. The molecule has 5 rings (SSSR count). The Labute approximate surface area is 476 Å². The molecule has 3 saturated heterocycles. The molecule has 0 radical (unpaired) electrons. The molecular formula is C57H93ClN4O18. The molecule has 456 valence electrons. The van der Waals surface area contributed by atoms with Crippen molar-refractivity contribution in [3.05, 3.63) is 39.1 Å². The number of cyclic esters (lactones) is 1. The fourth-order valence-electron chi connectivity index (χ4n) is 11.8. The number of rotatable bonds is 20. The predicted octanol–water partition coefficient (Wildman–Crippen LogP) is 4.67. The van der Waals surface area contributed by atoms with Crippen LogP contribution in [0.15, 0.2) is 23.1 Å². The van der Waals surface area contributed by atoms with Crippen LogP contribution in [0.1, 0.15) is 119 Å². The number of fused-ring (bicyclic) bond motifs is 1. The maximum Gasteiger partial charge on any atom is 0.341 e. The van der Waals surface area contributed by atoms with Crippen molar-refractivity contribution in [3.8, 4) is 0 Å².